The first-order valence-corrected chi connectivity index (χ1v) is 9.12. The zero-order chi connectivity index (χ0) is 15.1. The van der Waals surface area contributed by atoms with Crippen LogP contribution in [0.1, 0.15) is 31.2 Å². The van der Waals surface area contributed by atoms with Gasteiger partial charge in [0.25, 0.3) is 0 Å². The van der Waals surface area contributed by atoms with E-state index in [9.17, 15) is 5.11 Å². The van der Waals surface area contributed by atoms with Crippen LogP contribution in [0.3, 0.4) is 0 Å². The third-order valence-corrected chi connectivity index (χ3v) is 5.32. The minimum absolute atomic E-state index is 0.342. The minimum Gasteiger partial charge on any atom is -0.491 e. The molecule has 2 N–H and O–H groups in total. The molecule has 118 valence electrons. The number of aliphatic hydroxyl groups excluding tert-OH is 1. The average molecular weight is 309 g/mol. The monoisotopic (exact) mass is 309 g/mol. The van der Waals surface area contributed by atoms with Crippen molar-refractivity contribution in [3.05, 3.63) is 29.8 Å². The third kappa shape index (κ3) is 5.20. The molecule has 3 unspecified atom stereocenters. The minimum atomic E-state index is -0.464. The van der Waals surface area contributed by atoms with E-state index >= 15 is 0 Å². The van der Waals surface area contributed by atoms with E-state index in [0.717, 1.165) is 11.3 Å². The lowest BCUT2D eigenvalue weighted by atomic mass is 9.95. The van der Waals surface area contributed by atoms with Gasteiger partial charge in [-0.3, -0.25) is 0 Å². The number of hydrogen-bond acceptors (Lipinski definition) is 4. The van der Waals surface area contributed by atoms with Crippen LogP contribution in [0, 0.1) is 6.92 Å². The summed E-state index contributed by atoms with van der Waals surface area (Å²) in [5, 5.41) is 14.3. The Bertz CT molecular complexity index is 427. The number of nitrogens with one attached hydrogen (secondary N) is 1. The molecule has 4 heteroatoms. The lowest BCUT2D eigenvalue weighted by molar-refractivity contribution is 0.102. The fraction of sp³-hybridized carbons (Fsp3) is 0.647. The van der Waals surface area contributed by atoms with Gasteiger partial charge in [0.1, 0.15) is 18.5 Å². The van der Waals surface area contributed by atoms with Gasteiger partial charge in [0.2, 0.25) is 0 Å². The Balaban J connectivity index is 1.72. The summed E-state index contributed by atoms with van der Waals surface area (Å²) in [7, 11) is 0. The maximum Gasteiger partial charge on any atom is 0.122 e. The summed E-state index contributed by atoms with van der Waals surface area (Å²) in [6.45, 7) is 2.97. The van der Waals surface area contributed by atoms with Gasteiger partial charge in [-0.25, -0.2) is 0 Å². The Kier molecular flexibility index (Phi) is 6.87. The van der Waals surface area contributed by atoms with Gasteiger partial charge in [-0.1, -0.05) is 31.0 Å². The van der Waals surface area contributed by atoms with Crippen molar-refractivity contribution in [3.63, 3.8) is 0 Å². The largest absolute Gasteiger partial charge is 0.491 e. The number of para-hydroxylation sites is 1. The van der Waals surface area contributed by atoms with Gasteiger partial charge in [0, 0.05) is 17.8 Å². The van der Waals surface area contributed by atoms with Crippen LogP contribution in [-0.4, -0.2) is 41.9 Å². The molecule has 1 aromatic rings. The molecule has 0 radical (unpaired) electrons. The molecule has 21 heavy (non-hydrogen) atoms. The number of rotatable bonds is 7. The summed E-state index contributed by atoms with van der Waals surface area (Å²) < 4.78 is 5.70. The number of thioether (sulfide) groups is 1. The molecule has 0 aliphatic heterocycles. The molecule has 1 aromatic carbocycles. The van der Waals surface area contributed by atoms with Crippen LogP contribution in [0.5, 0.6) is 5.75 Å². The van der Waals surface area contributed by atoms with E-state index in [0.29, 0.717) is 24.4 Å². The maximum absolute atomic E-state index is 10.1. The summed E-state index contributed by atoms with van der Waals surface area (Å²) >= 11 is 1.94. The molecule has 0 heterocycles. The molecule has 0 aromatic heterocycles. The third-order valence-electron chi connectivity index (χ3n) is 4.15. The number of ether oxygens (including phenoxy) is 1. The molecule has 0 spiro atoms. The van der Waals surface area contributed by atoms with Crippen molar-refractivity contribution in [1.29, 1.82) is 0 Å². The fourth-order valence-electron chi connectivity index (χ4n) is 2.86. The number of hydrogen-bond donors (Lipinski definition) is 2. The van der Waals surface area contributed by atoms with E-state index in [-0.39, 0.29) is 0 Å². The highest BCUT2D eigenvalue weighted by Gasteiger charge is 2.24. The Morgan fingerprint density at radius 1 is 1.33 bits per heavy atom. The van der Waals surface area contributed by atoms with Crippen molar-refractivity contribution < 1.29 is 9.84 Å². The quantitative estimate of drug-likeness (QED) is 0.812. The van der Waals surface area contributed by atoms with E-state index in [4.69, 9.17) is 4.74 Å². The molecule has 1 aliphatic rings. The molecule has 0 amide bonds. The van der Waals surface area contributed by atoms with Gasteiger partial charge >= 0.3 is 0 Å². The van der Waals surface area contributed by atoms with Gasteiger partial charge in [-0.2, -0.15) is 11.8 Å². The molecule has 3 atom stereocenters. The van der Waals surface area contributed by atoms with E-state index < -0.39 is 6.10 Å². The van der Waals surface area contributed by atoms with Gasteiger partial charge in [-0.05, 0) is 37.7 Å². The highest BCUT2D eigenvalue weighted by atomic mass is 32.2. The van der Waals surface area contributed by atoms with Crippen molar-refractivity contribution in [1.82, 2.24) is 5.32 Å². The van der Waals surface area contributed by atoms with Crippen molar-refractivity contribution in [2.75, 3.05) is 19.4 Å². The van der Waals surface area contributed by atoms with Gasteiger partial charge in [-0.15, -0.1) is 0 Å². The maximum atomic E-state index is 10.1. The summed E-state index contributed by atoms with van der Waals surface area (Å²) in [5.74, 6) is 0.858. The van der Waals surface area contributed by atoms with Crippen molar-refractivity contribution in [3.8, 4) is 5.75 Å². The molecule has 0 saturated heterocycles. The number of benzene rings is 1. The van der Waals surface area contributed by atoms with Crippen molar-refractivity contribution in [2.24, 2.45) is 0 Å². The SMILES string of the molecule is CSC1CCCCC1NCC(O)COc1ccccc1C. The topological polar surface area (TPSA) is 41.5 Å². The fourth-order valence-corrected chi connectivity index (χ4v) is 3.83. The average Bonchev–Trinajstić information content (AvgIpc) is 2.52. The molecule has 1 fully saturated rings. The van der Waals surface area contributed by atoms with E-state index in [1.165, 1.54) is 25.7 Å². The Hall–Kier alpha value is -0.710. The zero-order valence-electron chi connectivity index (χ0n) is 13.0. The smallest absolute Gasteiger partial charge is 0.122 e. The number of aryl methyl sites for hydroxylation is 1. The molecule has 1 saturated carbocycles. The standard InChI is InChI=1S/C17H27NO2S/c1-13-7-3-5-9-16(13)20-12-14(19)11-18-15-8-4-6-10-17(15)21-2/h3,5,7,9,14-15,17-19H,4,6,8,10-12H2,1-2H3. The van der Waals surface area contributed by atoms with E-state index in [2.05, 4.69) is 11.6 Å². The summed E-state index contributed by atoms with van der Waals surface area (Å²) in [5.41, 5.74) is 1.10. The first-order valence-electron chi connectivity index (χ1n) is 7.83. The van der Waals surface area contributed by atoms with E-state index in [1.807, 2.05) is 43.0 Å². The van der Waals surface area contributed by atoms with Crippen LogP contribution in [0.25, 0.3) is 0 Å². The molecule has 1 aliphatic carbocycles. The molecule has 0 bridgehead atoms. The molecular weight excluding hydrogens is 282 g/mol. The van der Waals surface area contributed by atoms with Crippen LogP contribution in [0.2, 0.25) is 0 Å². The highest BCUT2D eigenvalue weighted by Crippen LogP contribution is 2.27. The second kappa shape index (κ2) is 8.66. The van der Waals surface area contributed by atoms with Crippen molar-refractivity contribution >= 4 is 11.8 Å². The van der Waals surface area contributed by atoms with Gasteiger partial charge in [0.15, 0.2) is 0 Å². The predicted octanol–water partition coefficient (Wildman–Crippen LogP) is 3.00. The molecular formula is C17H27NO2S. The van der Waals surface area contributed by atoms with Crippen molar-refractivity contribution in [2.45, 2.75) is 50.0 Å². The number of aliphatic hydroxyl groups is 1. The highest BCUT2D eigenvalue weighted by molar-refractivity contribution is 7.99. The summed E-state index contributed by atoms with van der Waals surface area (Å²) in [6.07, 6.45) is 6.86. The first kappa shape index (κ1) is 16.7. The summed E-state index contributed by atoms with van der Waals surface area (Å²) in [6, 6.07) is 8.44. The second-order valence-corrected chi connectivity index (χ2v) is 6.88. The van der Waals surface area contributed by atoms with E-state index in [1.54, 1.807) is 0 Å². The van der Waals surface area contributed by atoms with Crippen LogP contribution in [0.15, 0.2) is 24.3 Å². The Morgan fingerprint density at radius 2 is 2.10 bits per heavy atom. The van der Waals surface area contributed by atoms with Crippen LogP contribution < -0.4 is 10.1 Å². The zero-order valence-corrected chi connectivity index (χ0v) is 13.9. The Labute approximate surface area is 132 Å². The first-order chi connectivity index (χ1) is 10.2. The van der Waals surface area contributed by atoms with Gasteiger partial charge in [0.05, 0.1) is 0 Å². The normalized spacial score (nSPS) is 23.8. The van der Waals surface area contributed by atoms with Crippen LogP contribution >= 0.6 is 11.8 Å². The van der Waals surface area contributed by atoms with Crippen LogP contribution in [-0.2, 0) is 0 Å². The van der Waals surface area contributed by atoms with Crippen LogP contribution in [0.4, 0.5) is 0 Å². The summed E-state index contributed by atoms with van der Waals surface area (Å²) in [4.78, 5) is 0. The lowest BCUT2D eigenvalue weighted by Gasteiger charge is -2.31. The predicted molar refractivity (Wildman–Crippen MR) is 90.2 cm³/mol. The second-order valence-electron chi connectivity index (χ2n) is 5.80. The lowest BCUT2D eigenvalue weighted by Crippen LogP contribution is -2.44. The molecule has 2 rings (SSSR count). The Morgan fingerprint density at radius 3 is 2.86 bits per heavy atom. The van der Waals surface area contributed by atoms with Gasteiger partial charge < -0.3 is 15.2 Å². The molecule has 3 nitrogen and oxygen atoms in total.